The van der Waals surface area contributed by atoms with Crippen molar-refractivity contribution < 1.29 is 18.7 Å². The summed E-state index contributed by atoms with van der Waals surface area (Å²) < 4.78 is 23.9. The van der Waals surface area contributed by atoms with Gasteiger partial charge in [-0.1, -0.05) is 0 Å². The lowest BCUT2D eigenvalue weighted by Crippen LogP contribution is -2.09. The van der Waals surface area contributed by atoms with E-state index in [1.54, 1.807) is 19.1 Å². The topological polar surface area (TPSA) is 35.5 Å². The maximum Gasteiger partial charge on any atom is 0.310 e. The zero-order valence-electron chi connectivity index (χ0n) is 10.9. The summed E-state index contributed by atoms with van der Waals surface area (Å²) in [5.41, 5.74) is 1.28. The third-order valence-electron chi connectivity index (χ3n) is 2.33. The first-order valence-electron chi connectivity index (χ1n) is 6.00. The van der Waals surface area contributed by atoms with E-state index >= 15 is 0 Å². The SMILES string of the molecule is CCO/C=C/c1cc(Br)c(F)cc1CC(=O)OCC. The van der Waals surface area contributed by atoms with E-state index in [0.29, 0.717) is 23.2 Å². The molecule has 1 aromatic carbocycles. The van der Waals surface area contributed by atoms with E-state index in [0.717, 1.165) is 5.56 Å². The van der Waals surface area contributed by atoms with Crippen LogP contribution in [0.25, 0.3) is 6.08 Å². The highest BCUT2D eigenvalue weighted by Crippen LogP contribution is 2.23. The summed E-state index contributed by atoms with van der Waals surface area (Å²) in [4.78, 5) is 11.5. The molecule has 0 aliphatic carbocycles. The summed E-state index contributed by atoms with van der Waals surface area (Å²) in [6.45, 7) is 4.45. The average Bonchev–Trinajstić information content (AvgIpc) is 2.35. The second-order valence-electron chi connectivity index (χ2n) is 3.71. The summed E-state index contributed by atoms with van der Waals surface area (Å²) >= 11 is 3.12. The third-order valence-corrected chi connectivity index (χ3v) is 2.94. The predicted octanol–water partition coefficient (Wildman–Crippen LogP) is 3.70. The molecule has 0 atom stereocenters. The Morgan fingerprint density at radius 3 is 2.74 bits per heavy atom. The third kappa shape index (κ3) is 5.03. The number of esters is 1. The Bertz CT molecular complexity index is 472. The molecule has 0 N–H and O–H groups in total. The number of carbonyl (C=O) groups is 1. The van der Waals surface area contributed by atoms with Crippen LogP contribution >= 0.6 is 15.9 Å². The van der Waals surface area contributed by atoms with Crippen molar-refractivity contribution in [1.29, 1.82) is 0 Å². The lowest BCUT2D eigenvalue weighted by Gasteiger charge is -2.08. The molecule has 0 heterocycles. The first-order valence-corrected chi connectivity index (χ1v) is 6.79. The molecule has 0 saturated heterocycles. The van der Waals surface area contributed by atoms with E-state index in [1.807, 2.05) is 6.92 Å². The molecule has 0 aliphatic rings. The fourth-order valence-electron chi connectivity index (χ4n) is 1.50. The molecule has 0 radical (unpaired) electrons. The van der Waals surface area contributed by atoms with Crippen molar-refractivity contribution in [2.75, 3.05) is 13.2 Å². The van der Waals surface area contributed by atoms with Gasteiger partial charge in [0.1, 0.15) is 5.82 Å². The van der Waals surface area contributed by atoms with Crippen molar-refractivity contribution >= 4 is 28.0 Å². The minimum absolute atomic E-state index is 0.0316. The number of hydrogen-bond acceptors (Lipinski definition) is 3. The molecule has 0 amide bonds. The number of hydrogen-bond donors (Lipinski definition) is 0. The number of rotatable bonds is 6. The number of carbonyl (C=O) groups excluding carboxylic acids is 1. The van der Waals surface area contributed by atoms with Crippen molar-refractivity contribution in [3.8, 4) is 0 Å². The molecule has 19 heavy (non-hydrogen) atoms. The van der Waals surface area contributed by atoms with E-state index in [2.05, 4.69) is 15.9 Å². The zero-order valence-corrected chi connectivity index (χ0v) is 12.5. The lowest BCUT2D eigenvalue weighted by atomic mass is 10.0. The van der Waals surface area contributed by atoms with Crippen LogP contribution in [-0.2, 0) is 20.7 Å². The van der Waals surface area contributed by atoms with Crippen molar-refractivity contribution in [3.63, 3.8) is 0 Å². The van der Waals surface area contributed by atoms with Crippen LogP contribution in [0.2, 0.25) is 0 Å². The highest BCUT2D eigenvalue weighted by Gasteiger charge is 2.11. The standard InChI is InChI=1S/C14H16BrFO3/c1-3-18-6-5-10-7-12(15)13(16)8-11(10)9-14(17)19-4-2/h5-8H,3-4,9H2,1-2H3/b6-5+. The Morgan fingerprint density at radius 1 is 1.37 bits per heavy atom. The molecule has 1 rings (SSSR count). The van der Waals surface area contributed by atoms with E-state index in [4.69, 9.17) is 9.47 Å². The smallest absolute Gasteiger partial charge is 0.310 e. The number of halogens is 2. The summed E-state index contributed by atoms with van der Waals surface area (Å²) in [5.74, 6) is -0.789. The first-order chi connectivity index (χ1) is 9.08. The van der Waals surface area contributed by atoms with Crippen molar-refractivity contribution in [2.45, 2.75) is 20.3 Å². The van der Waals surface area contributed by atoms with Gasteiger partial charge in [-0.05, 0) is 59.1 Å². The van der Waals surface area contributed by atoms with Crippen molar-refractivity contribution in [3.05, 3.63) is 39.8 Å². The molecule has 0 aliphatic heterocycles. The van der Waals surface area contributed by atoms with Crippen LogP contribution < -0.4 is 0 Å². The molecule has 104 valence electrons. The normalized spacial score (nSPS) is 10.7. The summed E-state index contributed by atoms with van der Waals surface area (Å²) in [5, 5.41) is 0. The molecule has 0 bridgehead atoms. The summed E-state index contributed by atoms with van der Waals surface area (Å²) in [7, 11) is 0. The van der Waals surface area contributed by atoms with E-state index < -0.39 is 5.82 Å². The van der Waals surface area contributed by atoms with E-state index in [1.165, 1.54) is 12.3 Å². The van der Waals surface area contributed by atoms with Crippen LogP contribution in [0.5, 0.6) is 0 Å². The largest absolute Gasteiger partial charge is 0.501 e. The quantitative estimate of drug-likeness (QED) is 0.589. The fraction of sp³-hybridized carbons (Fsp3) is 0.357. The minimum atomic E-state index is -0.409. The van der Waals surface area contributed by atoms with Crippen molar-refractivity contribution in [1.82, 2.24) is 0 Å². The molecule has 5 heteroatoms. The molecular weight excluding hydrogens is 315 g/mol. The second kappa shape index (κ2) is 7.94. The monoisotopic (exact) mass is 330 g/mol. The minimum Gasteiger partial charge on any atom is -0.501 e. The van der Waals surface area contributed by atoms with Crippen LogP contribution in [0, 0.1) is 5.82 Å². The molecule has 0 saturated carbocycles. The molecular formula is C14H16BrFO3. The molecule has 0 unspecified atom stereocenters. The molecule has 1 aromatic rings. The maximum absolute atomic E-state index is 13.5. The Kier molecular flexibility index (Phi) is 6.56. The van der Waals surface area contributed by atoms with Gasteiger partial charge in [0.05, 0.1) is 30.4 Å². The fourth-order valence-corrected chi connectivity index (χ4v) is 1.86. The van der Waals surface area contributed by atoms with Gasteiger partial charge in [0, 0.05) is 0 Å². The van der Waals surface area contributed by atoms with Crippen LogP contribution in [0.15, 0.2) is 22.9 Å². The predicted molar refractivity (Wildman–Crippen MR) is 75.1 cm³/mol. The number of benzene rings is 1. The van der Waals surface area contributed by atoms with Gasteiger partial charge in [0.15, 0.2) is 0 Å². The van der Waals surface area contributed by atoms with Gasteiger partial charge < -0.3 is 9.47 Å². The Balaban J connectivity index is 2.98. The highest BCUT2D eigenvalue weighted by atomic mass is 79.9. The van der Waals surface area contributed by atoms with Gasteiger partial charge in [-0.3, -0.25) is 4.79 Å². The second-order valence-corrected chi connectivity index (χ2v) is 4.56. The van der Waals surface area contributed by atoms with Gasteiger partial charge in [0.25, 0.3) is 0 Å². The average molecular weight is 331 g/mol. The number of ether oxygens (including phenoxy) is 2. The van der Waals surface area contributed by atoms with Crippen molar-refractivity contribution in [2.24, 2.45) is 0 Å². The van der Waals surface area contributed by atoms with Crippen LogP contribution in [0.1, 0.15) is 25.0 Å². The molecule has 3 nitrogen and oxygen atoms in total. The summed E-state index contributed by atoms with van der Waals surface area (Å²) in [6.07, 6.45) is 3.25. The van der Waals surface area contributed by atoms with Crippen LogP contribution in [-0.4, -0.2) is 19.2 Å². The zero-order chi connectivity index (χ0) is 14.3. The van der Waals surface area contributed by atoms with Gasteiger partial charge in [-0.2, -0.15) is 0 Å². The molecule has 0 fully saturated rings. The van der Waals surface area contributed by atoms with Crippen LogP contribution in [0.4, 0.5) is 4.39 Å². The van der Waals surface area contributed by atoms with Gasteiger partial charge in [0.2, 0.25) is 0 Å². The van der Waals surface area contributed by atoms with Crippen LogP contribution in [0.3, 0.4) is 0 Å². The highest BCUT2D eigenvalue weighted by molar-refractivity contribution is 9.10. The Labute approximate surface area is 120 Å². The van der Waals surface area contributed by atoms with E-state index in [9.17, 15) is 9.18 Å². The Hall–Kier alpha value is -1.36. The van der Waals surface area contributed by atoms with Gasteiger partial charge in [-0.25, -0.2) is 4.39 Å². The first kappa shape index (κ1) is 15.7. The van der Waals surface area contributed by atoms with E-state index in [-0.39, 0.29) is 12.4 Å². The molecule has 0 spiro atoms. The van der Waals surface area contributed by atoms with Gasteiger partial charge >= 0.3 is 5.97 Å². The molecule has 0 aromatic heterocycles. The van der Waals surface area contributed by atoms with Gasteiger partial charge in [-0.15, -0.1) is 0 Å². The lowest BCUT2D eigenvalue weighted by molar-refractivity contribution is -0.142. The maximum atomic E-state index is 13.5. The Morgan fingerprint density at radius 2 is 2.11 bits per heavy atom. The summed E-state index contributed by atoms with van der Waals surface area (Å²) in [6, 6.07) is 2.94.